The van der Waals surface area contributed by atoms with Gasteiger partial charge in [0.25, 0.3) is 0 Å². The standard InChI is InChI=1S/C4H6N2O2/c1-7-4-2-3-5-8-6-4/h2-3,6H,1H3. The van der Waals surface area contributed by atoms with Crippen LogP contribution in [-0.4, -0.2) is 13.3 Å². The van der Waals surface area contributed by atoms with Crippen molar-refractivity contribution < 1.29 is 9.68 Å². The molecule has 0 aromatic carbocycles. The summed E-state index contributed by atoms with van der Waals surface area (Å²) in [4.78, 5) is 4.40. The molecule has 4 nitrogen and oxygen atoms in total. The lowest BCUT2D eigenvalue weighted by Crippen LogP contribution is -2.15. The molecular formula is C4H6N2O2. The molecule has 0 bridgehead atoms. The second-order valence-electron chi connectivity index (χ2n) is 1.18. The summed E-state index contributed by atoms with van der Waals surface area (Å²) in [6, 6.07) is 0. The minimum Gasteiger partial charge on any atom is -0.480 e. The van der Waals surface area contributed by atoms with Crippen molar-refractivity contribution in [1.82, 2.24) is 5.48 Å². The molecule has 0 unspecified atom stereocenters. The number of methoxy groups -OCH3 is 1. The van der Waals surface area contributed by atoms with E-state index in [0.29, 0.717) is 5.88 Å². The number of ether oxygens (including phenoxy) is 1. The first-order chi connectivity index (χ1) is 3.93. The van der Waals surface area contributed by atoms with Crippen LogP contribution in [0.25, 0.3) is 0 Å². The van der Waals surface area contributed by atoms with Crippen molar-refractivity contribution >= 4 is 6.21 Å². The largest absolute Gasteiger partial charge is 0.480 e. The summed E-state index contributed by atoms with van der Waals surface area (Å²) >= 11 is 0. The van der Waals surface area contributed by atoms with Crippen LogP contribution in [0, 0.1) is 0 Å². The first kappa shape index (κ1) is 4.96. The molecular weight excluding hydrogens is 108 g/mol. The number of rotatable bonds is 1. The van der Waals surface area contributed by atoms with Gasteiger partial charge in [-0.1, -0.05) is 5.16 Å². The fraction of sp³-hybridized carbons (Fsp3) is 0.250. The lowest BCUT2D eigenvalue weighted by atomic mass is 10.6. The summed E-state index contributed by atoms with van der Waals surface area (Å²) < 4.78 is 4.72. The van der Waals surface area contributed by atoms with Crippen LogP contribution in [0.15, 0.2) is 17.1 Å². The third kappa shape index (κ3) is 0.900. The van der Waals surface area contributed by atoms with Crippen LogP contribution in [0.3, 0.4) is 0 Å². The van der Waals surface area contributed by atoms with Gasteiger partial charge in [-0.3, -0.25) is 4.94 Å². The molecule has 44 valence electrons. The Morgan fingerprint density at radius 2 is 2.75 bits per heavy atom. The van der Waals surface area contributed by atoms with E-state index in [1.54, 1.807) is 13.2 Å². The number of oxime groups is 1. The van der Waals surface area contributed by atoms with E-state index in [2.05, 4.69) is 15.6 Å². The Bertz CT molecular complexity index is 130. The second kappa shape index (κ2) is 2.20. The van der Waals surface area contributed by atoms with Crippen molar-refractivity contribution in [3.8, 4) is 0 Å². The molecule has 8 heavy (non-hydrogen) atoms. The Labute approximate surface area is 46.7 Å². The fourth-order valence-electron chi connectivity index (χ4n) is 0.344. The van der Waals surface area contributed by atoms with Gasteiger partial charge in [-0.2, -0.15) is 5.48 Å². The monoisotopic (exact) mass is 114 g/mol. The molecule has 0 radical (unpaired) electrons. The van der Waals surface area contributed by atoms with Gasteiger partial charge < -0.3 is 4.74 Å². The molecule has 1 aliphatic rings. The van der Waals surface area contributed by atoms with Crippen LogP contribution in [-0.2, 0) is 9.68 Å². The fourth-order valence-corrected chi connectivity index (χ4v) is 0.344. The van der Waals surface area contributed by atoms with E-state index < -0.39 is 0 Å². The zero-order chi connectivity index (χ0) is 5.82. The molecule has 0 fully saturated rings. The van der Waals surface area contributed by atoms with E-state index in [1.165, 1.54) is 6.21 Å². The lowest BCUT2D eigenvalue weighted by molar-refractivity contribution is 0.0248. The molecule has 0 spiro atoms. The summed E-state index contributed by atoms with van der Waals surface area (Å²) in [5.74, 6) is 0.556. The summed E-state index contributed by atoms with van der Waals surface area (Å²) in [6.45, 7) is 0. The van der Waals surface area contributed by atoms with E-state index >= 15 is 0 Å². The molecule has 0 aromatic heterocycles. The maximum Gasteiger partial charge on any atom is 0.223 e. The Morgan fingerprint density at radius 3 is 3.12 bits per heavy atom. The van der Waals surface area contributed by atoms with E-state index in [-0.39, 0.29) is 0 Å². The molecule has 1 heterocycles. The van der Waals surface area contributed by atoms with Gasteiger partial charge in [0.05, 0.1) is 13.3 Å². The van der Waals surface area contributed by atoms with Crippen molar-refractivity contribution in [3.05, 3.63) is 12.0 Å². The number of hydrogen-bond acceptors (Lipinski definition) is 4. The molecule has 0 aromatic rings. The predicted molar refractivity (Wildman–Crippen MR) is 27.8 cm³/mol. The Morgan fingerprint density at radius 1 is 1.88 bits per heavy atom. The van der Waals surface area contributed by atoms with Gasteiger partial charge in [0.1, 0.15) is 0 Å². The first-order valence-corrected chi connectivity index (χ1v) is 2.13. The molecule has 0 atom stereocenters. The van der Waals surface area contributed by atoms with Crippen LogP contribution in [0.2, 0.25) is 0 Å². The number of nitrogens with zero attached hydrogens (tertiary/aromatic N) is 1. The number of hydrogen-bond donors (Lipinski definition) is 1. The Kier molecular flexibility index (Phi) is 1.37. The average Bonchev–Trinajstić information content (AvgIpc) is 1.90. The van der Waals surface area contributed by atoms with Crippen molar-refractivity contribution in [2.45, 2.75) is 0 Å². The molecule has 0 saturated heterocycles. The van der Waals surface area contributed by atoms with Gasteiger partial charge in [-0.15, -0.1) is 0 Å². The van der Waals surface area contributed by atoms with E-state index in [9.17, 15) is 0 Å². The zero-order valence-electron chi connectivity index (χ0n) is 4.42. The van der Waals surface area contributed by atoms with Crippen LogP contribution in [0.1, 0.15) is 0 Å². The molecule has 1 N–H and O–H groups in total. The van der Waals surface area contributed by atoms with Gasteiger partial charge in [-0.25, -0.2) is 0 Å². The minimum absolute atomic E-state index is 0.556. The van der Waals surface area contributed by atoms with Gasteiger partial charge in [0, 0.05) is 6.08 Å². The molecule has 0 aliphatic carbocycles. The topological polar surface area (TPSA) is 42.9 Å². The molecule has 0 saturated carbocycles. The summed E-state index contributed by atoms with van der Waals surface area (Å²) in [7, 11) is 1.54. The SMILES string of the molecule is COC1=CC=NON1. The van der Waals surface area contributed by atoms with Crippen molar-refractivity contribution in [3.63, 3.8) is 0 Å². The molecule has 0 amide bonds. The third-order valence-electron chi connectivity index (χ3n) is 0.706. The normalized spacial score (nSPS) is 15.9. The lowest BCUT2D eigenvalue weighted by Gasteiger charge is -2.06. The van der Waals surface area contributed by atoms with Gasteiger partial charge in [0.15, 0.2) is 0 Å². The maximum atomic E-state index is 4.72. The van der Waals surface area contributed by atoms with Crippen LogP contribution in [0.5, 0.6) is 0 Å². The first-order valence-electron chi connectivity index (χ1n) is 2.13. The van der Waals surface area contributed by atoms with Gasteiger partial charge in [0.2, 0.25) is 5.88 Å². The summed E-state index contributed by atoms with van der Waals surface area (Å²) in [5.41, 5.74) is 2.41. The predicted octanol–water partition coefficient (Wildman–Crippen LogP) is -0.00520. The van der Waals surface area contributed by atoms with Crippen molar-refractivity contribution in [2.75, 3.05) is 7.11 Å². The maximum absolute atomic E-state index is 4.72. The number of nitrogens with one attached hydrogen (secondary N) is 1. The smallest absolute Gasteiger partial charge is 0.223 e. The minimum atomic E-state index is 0.556. The molecule has 1 rings (SSSR count). The van der Waals surface area contributed by atoms with Crippen molar-refractivity contribution in [1.29, 1.82) is 0 Å². The highest BCUT2D eigenvalue weighted by atomic mass is 16.8. The Balaban J connectivity index is 2.50. The van der Waals surface area contributed by atoms with E-state index in [4.69, 9.17) is 4.74 Å². The highest BCUT2D eigenvalue weighted by Gasteiger charge is 1.94. The quantitative estimate of drug-likeness (QED) is 0.521. The van der Waals surface area contributed by atoms with Gasteiger partial charge >= 0.3 is 0 Å². The van der Waals surface area contributed by atoms with E-state index in [0.717, 1.165) is 0 Å². The Hall–Kier alpha value is -1.19. The highest BCUT2D eigenvalue weighted by molar-refractivity contribution is 5.71. The van der Waals surface area contributed by atoms with Crippen LogP contribution >= 0.6 is 0 Å². The summed E-state index contributed by atoms with van der Waals surface area (Å²) in [5, 5.41) is 3.38. The molecule has 4 heteroatoms. The number of hydroxylamine groups is 1. The van der Waals surface area contributed by atoms with Crippen LogP contribution < -0.4 is 5.48 Å². The zero-order valence-corrected chi connectivity index (χ0v) is 4.42. The number of allylic oxidation sites excluding steroid dienone is 1. The van der Waals surface area contributed by atoms with Gasteiger partial charge in [-0.05, 0) is 0 Å². The average molecular weight is 114 g/mol. The highest BCUT2D eigenvalue weighted by Crippen LogP contribution is 1.91. The van der Waals surface area contributed by atoms with Crippen molar-refractivity contribution in [2.24, 2.45) is 5.16 Å². The van der Waals surface area contributed by atoms with Crippen LogP contribution in [0.4, 0.5) is 0 Å². The third-order valence-corrected chi connectivity index (χ3v) is 0.706. The summed E-state index contributed by atoms with van der Waals surface area (Å²) in [6.07, 6.45) is 3.15. The second-order valence-corrected chi connectivity index (χ2v) is 1.18. The molecule has 1 aliphatic heterocycles. The van der Waals surface area contributed by atoms with E-state index in [1.807, 2.05) is 0 Å².